The molecule has 0 radical (unpaired) electrons. The third kappa shape index (κ3) is 4.32. The van der Waals surface area contributed by atoms with E-state index >= 15 is 0 Å². The van der Waals surface area contributed by atoms with Crippen LogP contribution in [-0.2, 0) is 11.3 Å². The van der Waals surface area contributed by atoms with Gasteiger partial charge in [0.2, 0.25) is 5.91 Å². The monoisotopic (exact) mass is 384 g/mol. The van der Waals surface area contributed by atoms with E-state index in [1.807, 2.05) is 42.2 Å². The van der Waals surface area contributed by atoms with Gasteiger partial charge in [-0.2, -0.15) is 0 Å². The lowest BCUT2D eigenvalue weighted by molar-refractivity contribution is -0.133. The van der Waals surface area contributed by atoms with Crippen molar-refractivity contribution in [3.63, 3.8) is 0 Å². The summed E-state index contributed by atoms with van der Waals surface area (Å²) in [5.41, 5.74) is 1.24. The fourth-order valence-corrected chi connectivity index (χ4v) is 3.57. The molecule has 1 aliphatic rings. The van der Waals surface area contributed by atoms with E-state index in [1.54, 1.807) is 4.90 Å². The Labute approximate surface area is 164 Å². The zero-order valence-corrected chi connectivity index (χ0v) is 16.2. The molecule has 0 saturated carbocycles. The van der Waals surface area contributed by atoms with Gasteiger partial charge in [-0.05, 0) is 30.2 Å². The van der Waals surface area contributed by atoms with Crippen molar-refractivity contribution in [1.82, 2.24) is 9.80 Å². The largest absolute Gasteiger partial charge is 0.496 e. The van der Waals surface area contributed by atoms with Crippen LogP contribution >= 0.6 is 0 Å². The highest BCUT2D eigenvalue weighted by Gasteiger charge is 2.32. The third-order valence-electron chi connectivity index (χ3n) is 5.13. The summed E-state index contributed by atoms with van der Waals surface area (Å²) < 4.78 is 18.9. The van der Waals surface area contributed by atoms with Gasteiger partial charge in [0, 0.05) is 32.1 Å². The number of ether oxygens (including phenoxy) is 1. The molecular formula is C22H25FN2O3. The van der Waals surface area contributed by atoms with Gasteiger partial charge in [-0.1, -0.05) is 37.3 Å². The highest BCUT2D eigenvalue weighted by atomic mass is 19.1. The Balaban J connectivity index is 1.83. The molecule has 2 amide bonds. The van der Waals surface area contributed by atoms with Crippen LogP contribution in [0, 0.1) is 5.82 Å². The van der Waals surface area contributed by atoms with Gasteiger partial charge < -0.3 is 14.5 Å². The summed E-state index contributed by atoms with van der Waals surface area (Å²) in [6, 6.07) is 13.6. The fraction of sp³-hybridized carbons (Fsp3) is 0.364. The molecule has 6 heteroatoms. The first-order valence-electron chi connectivity index (χ1n) is 9.49. The zero-order chi connectivity index (χ0) is 20.1. The smallest absolute Gasteiger partial charge is 0.257 e. The van der Waals surface area contributed by atoms with Crippen LogP contribution in [0.5, 0.6) is 5.75 Å². The summed E-state index contributed by atoms with van der Waals surface area (Å²) in [7, 11) is 1.45. The van der Waals surface area contributed by atoms with Crippen LogP contribution in [0.15, 0.2) is 48.5 Å². The van der Waals surface area contributed by atoms with E-state index in [4.69, 9.17) is 4.74 Å². The highest BCUT2D eigenvalue weighted by Crippen LogP contribution is 2.24. The number of hydrogen-bond acceptors (Lipinski definition) is 3. The summed E-state index contributed by atoms with van der Waals surface area (Å²) in [6.45, 7) is 3.24. The van der Waals surface area contributed by atoms with Crippen molar-refractivity contribution < 1.29 is 18.7 Å². The lowest BCUT2D eigenvalue weighted by Gasteiger charge is -2.31. The van der Waals surface area contributed by atoms with E-state index < -0.39 is 5.82 Å². The predicted octanol–water partition coefficient (Wildman–Crippen LogP) is 3.49. The summed E-state index contributed by atoms with van der Waals surface area (Å²) in [5.74, 6) is -0.453. The maximum absolute atomic E-state index is 13.7. The van der Waals surface area contributed by atoms with E-state index in [-0.39, 0.29) is 29.8 Å². The molecule has 0 N–H and O–H groups in total. The van der Waals surface area contributed by atoms with Crippen LogP contribution in [0.4, 0.5) is 4.39 Å². The minimum Gasteiger partial charge on any atom is -0.496 e. The van der Waals surface area contributed by atoms with Gasteiger partial charge in [-0.3, -0.25) is 9.59 Å². The molecule has 1 aliphatic heterocycles. The average Bonchev–Trinajstić information content (AvgIpc) is 2.87. The van der Waals surface area contributed by atoms with Crippen molar-refractivity contribution in [3.05, 3.63) is 65.5 Å². The first-order chi connectivity index (χ1) is 13.5. The Morgan fingerprint density at radius 2 is 1.96 bits per heavy atom. The number of halogens is 1. The maximum Gasteiger partial charge on any atom is 0.257 e. The SMILES string of the molecule is CC[C@H]1CN(C(=O)c2cc(F)ccc2OC)CCC(=O)N1Cc1ccccc1. The van der Waals surface area contributed by atoms with Crippen LogP contribution in [-0.4, -0.2) is 47.9 Å². The number of benzene rings is 2. The molecule has 1 heterocycles. The van der Waals surface area contributed by atoms with Crippen molar-refractivity contribution in [2.45, 2.75) is 32.4 Å². The molecule has 5 nitrogen and oxygen atoms in total. The molecule has 1 atom stereocenters. The molecule has 0 unspecified atom stereocenters. The molecule has 0 aromatic heterocycles. The average molecular weight is 384 g/mol. The normalized spacial score (nSPS) is 17.4. The van der Waals surface area contributed by atoms with Crippen molar-refractivity contribution in [3.8, 4) is 5.75 Å². The van der Waals surface area contributed by atoms with Gasteiger partial charge in [-0.25, -0.2) is 4.39 Å². The Morgan fingerprint density at radius 3 is 2.64 bits per heavy atom. The molecule has 0 spiro atoms. The minimum absolute atomic E-state index is 0.0252. The Kier molecular flexibility index (Phi) is 6.29. The van der Waals surface area contributed by atoms with Crippen LogP contribution in [0.2, 0.25) is 0 Å². The number of carbonyl (C=O) groups excluding carboxylic acids is 2. The van der Waals surface area contributed by atoms with E-state index in [9.17, 15) is 14.0 Å². The number of nitrogens with zero attached hydrogens (tertiary/aromatic N) is 2. The van der Waals surface area contributed by atoms with E-state index in [0.717, 1.165) is 12.0 Å². The van der Waals surface area contributed by atoms with E-state index in [1.165, 1.54) is 25.3 Å². The molecule has 0 aliphatic carbocycles. The van der Waals surface area contributed by atoms with Gasteiger partial charge in [-0.15, -0.1) is 0 Å². The van der Waals surface area contributed by atoms with Gasteiger partial charge in [0.05, 0.1) is 12.7 Å². The Hall–Kier alpha value is -2.89. The van der Waals surface area contributed by atoms with Crippen LogP contribution < -0.4 is 4.74 Å². The third-order valence-corrected chi connectivity index (χ3v) is 5.13. The molecule has 1 saturated heterocycles. The number of hydrogen-bond donors (Lipinski definition) is 0. The Morgan fingerprint density at radius 1 is 1.21 bits per heavy atom. The van der Waals surface area contributed by atoms with Gasteiger partial charge in [0.25, 0.3) is 5.91 Å². The molecule has 3 rings (SSSR count). The van der Waals surface area contributed by atoms with E-state index in [0.29, 0.717) is 25.4 Å². The molecule has 28 heavy (non-hydrogen) atoms. The second-order valence-corrected chi connectivity index (χ2v) is 6.92. The fourth-order valence-electron chi connectivity index (χ4n) is 3.57. The second kappa shape index (κ2) is 8.87. The van der Waals surface area contributed by atoms with Gasteiger partial charge in [0.1, 0.15) is 11.6 Å². The van der Waals surface area contributed by atoms with Gasteiger partial charge >= 0.3 is 0 Å². The number of methoxy groups -OCH3 is 1. The van der Waals surface area contributed by atoms with Crippen LogP contribution in [0.1, 0.15) is 35.7 Å². The zero-order valence-electron chi connectivity index (χ0n) is 16.2. The van der Waals surface area contributed by atoms with Crippen molar-refractivity contribution >= 4 is 11.8 Å². The van der Waals surface area contributed by atoms with E-state index in [2.05, 4.69) is 0 Å². The molecule has 2 aromatic rings. The maximum atomic E-state index is 13.7. The summed E-state index contributed by atoms with van der Waals surface area (Å²) in [6.07, 6.45) is 0.968. The second-order valence-electron chi connectivity index (χ2n) is 6.92. The molecular weight excluding hydrogens is 359 g/mol. The molecule has 1 fully saturated rings. The topological polar surface area (TPSA) is 49.9 Å². The lowest BCUT2D eigenvalue weighted by atomic mass is 10.1. The van der Waals surface area contributed by atoms with Crippen molar-refractivity contribution in [2.75, 3.05) is 20.2 Å². The first-order valence-corrected chi connectivity index (χ1v) is 9.49. The summed E-state index contributed by atoms with van der Waals surface area (Å²) >= 11 is 0. The molecule has 0 bridgehead atoms. The highest BCUT2D eigenvalue weighted by molar-refractivity contribution is 5.97. The standard InChI is InChI=1S/C22H25FN2O3/c1-3-18-15-24(22(27)19-13-17(23)9-10-20(19)28-2)12-11-21(26)25(18)14-16-7-5-4-6-8-16/h4-10,13,18H,3,11-12,14-15H2,1-2H3/t18-/m0/s1. The predicted molar refractivity (Wildman–Crippen MR) is 105 cm³/mol. The van der Waals surface area contributed by atoms with Gasteiger partial charge in [0.15, 0.2) is 0 Å². The summed E-state index contributed by atoms with van der Waals surface area (Å²) in [5, 5.41) is 0. The lowest BCUT2D eigenvalue weighted by Crippen LogP contribution is -2.43. The first kappa shape index (κ1) is 19.9. The van der Waals surface area contributed by atoms with Crippen LogP contribution in [0.3, 0.4) is 0 Å². The molecule has 148 valence electrons. The molecule has 2 aromatic carbocycles. The van der Waals surface area contributed by atoms with Crippen molar-refractivity contribution in [1.29, 1.82) is 0 Å². The number of rotatable bonds is 5. The number of amides is 2. The minimum atomic E-state index is -0.493. The van der Waals surface area contributed by atoms with Crippen molar-refractivity contribution in [2.24, 2.45) is 0 Å². The quantitative estimate of drug-likeness (QED) is 0.793. The Bertz CT molecular complexity index is 841. The summed E-state index contributed by atoms with van der Waals surface area (Å²) in [4.78, 5) is 29.3. The number of carbonyl (C=O) groups is 2. The van der Waals surface area contributed by atoms with Crippen LogP contribution in [0.25, 0.3) is 0 Å².